The van der Waals surface area contributed by atoms with Gasteiger partial charge in [0.2, 0.25) is 0 Å². The molecule has 10 heteroatoms. The lowest BCUT2D eigenvalue weighted by atomic mass is 9.72. The molecule has 4 heterocycles. The summed E-state index contributed by atoms with van der Waals surface area (Å²) in [7, 11) is 0. The predicted molar refractivity (Wildman–Crippen MR) is 123 cm³/mol. The van der Waals surface area contributed by atoms with Crippen molar-refractivity contribution in [3.63, 3.8) is 0 Å². The number of rotatable bonds is 4. The highest BCUT2D eigenvalue weighted by Crippen LogP contribution is 2.43. The molecule has 0 spiro atoms. The molecule has 4 aromatic heterocycles. The summed E-state index contributed by atoms with van der Waals surface area (Å²) in [6, 6.07) is 1.49. The first-order valence-corrected chi connectivity index (χ1v) is 11.8. The van der Waals surface area contributed by atoms with Crippen LogP contribution in [0.15, 0.2) is 12.4 Å². The molecule has 5 rings (SSSR count). The van der Waals surface area contributed by atoms with Crippen LogP contribution >= 0.6 is 11.3 Å². The number of thiophene rings is 1. The van der Waals surface area contributed by atoms with Gasteiger partial charge in [0.1, 0.15) is 11.2 Å². The van der Waals surface area contributed by atoms with E-state index in [1.165, 1.54) is 22.9 Å². The van der Waals surface area contributed by atoms with Gasteiger partial charge in [0.05, 0.1) is 28.8 Å². The second kappa shape index (κ2) is 7.33. The first-order chi connectivity index (χ1) is 15.1. The van der Waals surface area contributed by atoms with Crippen LogP contribution in [0.1, 0.15) is 62.0 Å². The molecule has 0 aromatic carbocycles. The summed E-state index contributed by atoms with van der Waals surface area (Å²) in [4.78, 5) is 22.6. The number of nitrogens with zero attached hydrogens (tertiary/aromatic N) is 7. The SMILES string of the molecule is Cc1cc([N+](=O)[O-])nn1CC(C)c1nc2c3c4c(sc3ncn2n1)CC(C(C)(C)C)CC4. The molecular weight excluding hydrogens is 426 g/mol. The molecule has 0 fully saturated rings. The van der Waals surface area contributed by atoms with Gasteiger partial charge in [-0.05, 0) is 48.0 Å². The molecule has 0 N–H and O–H groups in total. The normalized spacial score (nSPS) is 17.7. The highest BCUT2D eigenvalue weighted by molar-refractivity contribution is 7.19. The van der Waals surface area contributed by atoms with E-state index in [2.05, 4.69) is 36.0 Å². The zero-order valence-electron chi connectivity index (χ0n) is 19.0. The Bertz CT molecular complexity index is 1340. The van der Waals surface area contributed by atoms with Gasteiger partial charge >= 0.3 is 5.82 Å². The molecule has 1 aliphatic rings. The lowest BCUT2D eigenvalue weighted by Gasteiger charge is -2.33. The fourth-order valence-electron chi connectivity index (χ4n) is 4.65. The Kier molecular flexibility index (Phi) is 4.81. The maximum Gasteiger partial charge on any atom is 0.390 e. The number of nitro groups is 1. The molecule has 1 aliphatic carbocycles. The van der Waals surface area contributed by atoms with Crippen LogP contribution < -0.4 is 0 Å². The molecule has 0 saturated carbocycles. The van der Waals surface area contributed by atoms with Crippen molar-refractivity contribution in [3.05, 3.63) is 44.5 Å². The molecule has 0 bridgehead atoms. The Hall–Kier alpha value is -2.88. The van der Waals surface area contributed by atoms with Gasteiger partial charge in [0.15, 0.2) is 11.5 Å². The monoisotopic (exact) mass is 453 g/mol. The Morgan fingerprint density at radius 1 is 1.34 bits per heavy atom. The van der Waals surface area contributed by atoms with E-state index >= 15 is 0 Å². The molecule has 168 valence electrons. The lowest BCUT2D eigenvalue weighted by molar-refractivity contribution is -0.389. The molecule has 0 saturated heterocycles. The summed E-state index contributed by atoms with van der Waals surface area (Å²) < 4.78 is 3.43. The summed E-state index contributed by atoms with van der Waals surface area (Å²) >= 11 is 1.79. The smallest absolute Gasteiger partial charge is 0.358 e. The highest BCUT2D eigenvalue weighted by Gasteiger charge is 2.32. The molecule has 0 radical (unpaired) electrons. The standard InChI is InChI=1S/C22H27N7O2S/c1-12(10-27-13(2)8-17(25-27)29(30)31)19-24-20-18-15-7-6-14(22(3,4)5)9-16(15)32-21(18)23-11-28(20)26-19/h8,11-12,14H,6-7,9-10H2,1-5H3. The third-order valence-electron chi connectivity index (χ3n) is 6.67. The molecule has 32 heavy (non-hydrogen) atoms. The number of fused-ring (bicyclic) bond motifs is 5. The van der Waals surface area contributed by atoms with Gasteiger partial charge in [-0.1, -0.05) is 27.7 Å². The summed E-state index contributed by atoms with van der Waals surface area (Å²) in [6.45, 7) is 11.3. The average molecular weight is 454 g/mol. The van der Waals surface area contributed by atoms with Gasteiger partial charge in [-0.15, -0.1) is 16.4 Å². The van der Waals surface area contributed by atoms with Gasteiger partial charge in [-0.2, -0.15) is 4.68 Å². The number of aryl methyl sites for hydroxylation is 2. The average Bonchev–Trinajstić information content (AvgIpc) is 3.41. The maximum absolute atomic E-state index is 11.0. The van der Waals surface area contributed by atoms with Crippen LogP contribution in [-0.2, 0) is 19.4 Å². The topological polar surface area (TPSA) is 104 Å². The van der Waals surface area contributed by atoms with Crippen LogP contribution in [0.4, 0.5) is 5.82 Å². The molecule has 4 aromatic rings. The minimum atomic E-state index is -0.469. The van der Waals surface area contributed by atoms with Crippen molar-refractivity contribution in [2.24, 2.45) is 11.3 Å². The molecule has 0 amide bonds. The summed E-state index contributed by atoms with van der Waals surface area (Å²) in [5, 5.41) is 20.9. The van der Waals surface area contributed by atoms with E-state index in [-0.39, 0.29) is 11.7 Å². The van der Waals surface area contributed by atoms with Gasteiger partial charge in [-0.3, -0.25) is 0 Å². The zero-order valence-corrected chi connectivity index (χ0v) is 19.8. The van der Waals surface area contributed by atoms with Gasteiger partial charge in [-0.25, -0.2) is 14.5 Å². The Morgan fingerprint density at radius 2 is 2.12 bits per heavy atom. The molecule has 0 aliphatic heterocycles. The quantitative estimate of drug-likeness (QED) is 0.327. The molecule has 2 atom stereocenters. The Labute approximate surface area is 189 Å². The molecule has 2 unspecified atom stereocenters. The van der Waals surface area contributed by atoms with Crippen molar-refractivity contribution in [2.75, 3.05) is 0 Å². The van der Waals surface area contributed by atoms with E-state index in [4.69, 9.17) is 4.98 Å². The highest BCUT2D eigenvalue weighted by atomic mass is 32.1. The third-order valence-corrected chi connectivity index (χ3v) is 7.83. The summed E-state index contributed by atoms with van der Waals surface area (Å²) in [6.07, 6.45) is 5.07. The third kappa shape index (κ3) is 3.46. The Balaban J connectivity index is 1.50. The van der Waals surface area contributed by atoms with E-state index < -0.39 is 4.92 Å². The van der Waals surface area contributed by atoms with Crippen molar-refractivity contribution >= 4 is 33.0 Å². The van der Waals surface area contributed by atoms with E-state index in [0.29, 0.717) is 23.7 Å². The van der Waals surface area contributed by atoms with Gasteiger partial charge < -0.3 is 10.1 Å². The second-order valence-corrected chi connectivity index (χ2v) is 11.0. The van der Waals surface area contributed by atoms with Gasteiger partial charge in [0, 0.05) is 10.8 Å². The van der Waals surface area contributed by atoms with Crippen LogP contribution in [0, 0.1) is 28.4 Å². The molecular formula is C22H27N7O2S. The van der Waals surface area contributed by atoms with Crippen LogP contribution in [-0.4, -0.2) is 34.3 Å². The van der Waals surface area contributed by atoms with Crippen LogP contribution in [0.3, 0.4) is 0 Å². The van der Waals surface area contributed by atoms with Crippen LogP contribution in [0.25, 0.3) is 15.9 Å². The summed E-state index contributed by atoms with van der Waals surface area (Å²) in [5.41, 5.74) is 3.28. The van der Waals surface area contributed by atoms with Crippen molar-refractivity contribution in [1.29, 1.82) is 0 Å². The second-order valence-electron chi connectivity index (χ2n) is 9.96. The van der Waals surface area contributed by atoms with Crippen LogP contribution in [0.5, 0.6) is 0 Å². The summed E-state index contributed by atoms with van der Waals surface area (Å²) in [5.74, 6) is 1.18. The number of aromatic nitrogens is 6. The fourth-order valence-corrected chi connectivity index (χ4v) is 5.91. The first-order valence-electron chi connectivity index (χ1n) is 11.0. The van der Waals surface area contributed by atoms with Crippen molar-refractivity contribution < 1.29 is 4.92 Å². The number of hydrogen-bond acceptors (Lipinski definition) is 7. The van der Waals surface area contributed by atoms with E-state index in [0.717, 1.165) is 34.4 Å². The zero-order chi connectivity index (χ0) is 22.8. The maximum atomic E-state index is 11.0. The lowest BCUT2D eigenvalue weighted by Crippen LogP contribution is -2.26. The minimum Gasteiger partial charge on any atom is -0.358 e. The Morgan fingerprint density at radius 3 is 2.81 bits per heavy atom. The minimum absolute atomic E-state index is 0.0529. The largest absolute Gasteiger partial charge is 0.390 e. The number of hydrogen-bond donors (Lipinski definition) is 0. The first kappa shape index (κ1) is 21.0. The van der Waals surface area contributed by atoms with Crippen molar-refractivity contribution in [1.82, 2.24) is 29.4 Å². The fraction of sp³-hybridized carbons (Fsp3) is 0.545. The van der Waals surface area contributed by atoms with Crippen LogP contribution in [0.2, 0.25) is 0 Å². The van der Waals surface area contributed by atoms with Gasteiger partial charge in [0.25, 0.3) is 0 Å². The van der Waals surface area contributed by atoms with E-state index in [9.17, 15) is 10.1 Å². The molecule has 9 nitrogen and oxygen atoms in total. The van der Waals surface area contributed by atoms with Crippen molar-refractivity contribution in [3.8, 4) is 0 Å². The van der Waals surface area contributed by atoms with E-state index in [1.807, 2.05) is 13.8 Å². The van der Waals surface area contributed by atoms with E-state index in [1.54, 1.807) is 26.9 Å². The predicted octanol–water partition coefficient (Wildman–Crippen LogP) is 4.71. The van der Waals surface area contributed by atoms with Crippen molar-refractivity contribution in [2.45, 2.75) is 66.3 Å².